The quantitative estimate of drug-likeness (QED) is 0.410. The van der Waals surface area contributed by atoms with Crippen LogP contribution in [0.1, 0.15) is 31.7 Å². The Balaban J connectivity index is 2.33. The molecule has 0 aromatic heterocycles. The maximum atomic E-state index is 5.94. The number of rotatable bonds is 6. The molecule has 0 aliphatic carbocycles. The van der Waals surface area contributed by atoms with Crippen LogP contribution in [0.15, 0.2) is 35.5 Å². The summed E-state index contributed by atoms with van der Waals surface area (Å²) in [7, 11) is 0. The summed E-state index contributed by atoms with van der Waals surface area (Å²) < 4.78 is 0. The van der Waals surface area contributed by atoms with Crippen molar-refractivity contribution in [2.45, 2.75) is 26.2 Å². The molecule has 0 atom stereocenters. The molecular weight excluding hydrogens is 210 g/mol. The largest absolute Gasteiger partial charge is 0.395 e. The molecule has 0 fully saturated rings. The van der Waals surface area contributed by atoms with E-state index in [0.29, 0.717) is 11.8 Å². The fourth-order valence-electron chi connectivity index (χ4n) is 1.15. The van der Waals surface area contributed by atoms with Crippen molar-refractivity contribution in [1.82, 2.24) is 0 Å². The van der Waals surface area contributed by atoms with Gasteiger partial charge in [0.1, 0.15) is 6.61 Å². The predicted octanol–water partition coefficient (Wildman–Crippen LogP) is 3.79. The zero-order chi connectivity index (χ0) is 10.9. The van der Waals surface area contributed by atoms with Crippen LogP contribution in [-0.4, -0.2) is 11.8 Å². The Labute approximate surface area is 95.9 Å². The summed E-state index contributed by atoms with van der Waals surface area (Å²) in [5.41, 5.74) is 0.884. The summed E-state index contributed by atoms with van der Waals surface area (Å²) >= 11 is 5.94. The van der Waals surface area contributed by atoms with Crippen LogP contribution in [0.5, 0.6) is 0 Å². The van der Waals surface area contributed by atoms with Gasteiger partial charge in [0.2, 0.25) is 0 Å². The minimum absolute atomic E-state index is 0.409. The highest BCUT2D eigenvalue weighted by molar-refractivity contribution is 6.69. The summed E-state index contributed by atoms with van der Waals surface area (Å²) in [5.74, 6) is 0. The van der Waals surface area contributed by atoms with Crippen molar-refractivity contribution in [2.24, 2.45) is 5.16 Å². The molecule has 0 bridgehead atoms. The van der Waals surface area contributed by atoms with Crippen molar-refractivity contribution in [3.63, 3.8) is 0 Å². The van der Waals surface area contributed by atoms with Gasteiger partial charge >= 0.3 is 0 Å². The molecule has 0 amide bonds. The molecule has 15 heavy (non-hydrogen) atoms. The third kappa shape index (κ3) is 4.84. The van der Waals surface area contributed by atoms with Gasteiger partial charge in [-0.05, 0) is 6.42 Å². The first kappa shape index (κ1) is 12.1. The maximum absolute atomic E-state index is 5.94. The summed E-state index contributed by atoms with van der Waals surface area (Å²) in [5, 5.41) is 4.26. The number of benzene rings is 1. The van der Waals surface area contributed by atoms with Crippen molar-refractivity contribution in [1.29, 1.82) is 0 Å². The van der Waals surface area contributed by atoms with E-state index in [9.17, 15) is 0 Å². The van der Waals surface area contributed by atoms with Crippen molar-refractivity contribution in [3.05, 3.63) is 35.9 Å². The summed E-state index contributed by atoms with van der Waals surface area (Å²) in [6.45, 7) is 2.79. The Morgan fingerprint density at radius 2 is 2.00 bits per heavy atom. The monoisotopic (exact) mass is 225 g/mol. The molecule has 1 aromatic rings. The molecule has 3 heteroatoms. The van der Waals surface area contributed by atoms with Crippen LogP contribution in [-0.2, 0) is 4.84 Å². The molecule has 0 unspecified atom stereocenters. The minimum Gasteiger partial charge on any atom is -0.395 e. The van der Waals surface area contributed by atoms with Gasteiger partial charge < -0.3 is 4.84 Å². The molecule has 0 aliphatic rings. The van der Waals surface area contributed by atoms with Crippen molar-refractivity contribution >= 4 is 16.8 Å². The van der Waals surface area contributed by atoms with Gasteiger partial charge in [-0.3, -0.25) is 0 Å². The molecular formula is C12H16ClNO. The van der Waals surface area contributed by atoms with E-state index < -0.39 is 0 Å². The standard InChI is InChI=1S/C12H16ClNO/c1-2-3-7-10-15-14-12(13)11-8-5-4-6-9-11/h4-6,8-9H,2-3,7,10H2,1H3/b14-12+. The van der Waals surface area contributed by atoms with Gasteiger partial charge in [-0.25, -0.2) is 0 Å². The van der Waals surface area contributed by atoms with Gasteiger partial charge in [0.25, 0.3) is 0 Å². The summed E-state index contributed by atoms with van der Waals surface area (Å²) in [6, 6.07) is 9.59. The van der Waals surface area contributed by atoms with E-state index in [4.69, 9.17) is 16.4 Å². The van der Waals surface area contributed by atoms with Crippen LogP contribution in [0.25, 0.3) is 0 Å². The van der Waals surface area contributed by atoms with Crippen molar-refractivity contribution in [3.8, 4) is 0 Å². The lowest BCUT2D eigenvalue weighted by atomic mass is 10.2. The zero-order valence-corrected chi connectivity index (χ0v) is 9.70. The number of hydrogen-bond donors (Lipinski definition) is 0. The SMILES string of the molecule is CCCCCO/N=C(/Cl)c1ccccc1. The highest BCUT2D eigenvalue weighted by Gasteiger charge is 1.98. The van der Waals surface area contributed by atoms with Crippen LogP contribution in [0.4, 0.5) is 0 Å². The highest BCUT2D eigenvalue weighted by Crippen LogP contribution is 2.05. The predicted molar refractivity (Wildman–Crippen MR) is 64.3 cm³/mol. The van der Waals surface area contributed by atoms with Crippen molar-refractivity contribution in [2.75, 3.05) is 6.61 Å². The Bertz CT molecular complexity index is 298. The molecule has 1 rings (SSSR count). The molecule has 0 heterocycles. The number of halogens is 1. The Kier molecular flexibility index (Phi) is 5.86. The second-order valence-electron chi connectivity index (χ2n) is 3.29. The first-order chi connectivity index (χ1) is 7.34. The van der Waals surface area contributed by atoms with Crippen LogP contribution in [0.2, 0.25) is 0 Å². The number of unbranched alkanes of at least 4 members (excludes halogenated alkanes) is 2. The molecule has 1 aromatic carbocycles. The van der Waals surface area contributed by atoms with E-state index in [1.54, 1.807) is 0 Å². The second kappa shape index (κ2) is 7.30. The van der Waals surface area contributed by atoms with E-state index >= 15 is 0 Å². The van der Waals surface area contributed by atoms with Crippen LogP contribution < -0.4 is 0 Å². The summed E-state index contributed by atoms with van der Waals surface area (Å²) in [4.78, 5) is 5.11. The minimum atomic E-state index is 0.409. The Morgan fingerprint density at radius 1 is 1.27 bits per heavy atom. The lowest BCUT2D eigenvalue weighted by molar-refractivity contribution is 0.141. The Morgan fingerprint density at radius 3 is 2.67 bits per heavy atom. The second-order valence-corrected chi connectivity index (χ2v) is 3.65. The zero-order valence-electron chi connectivity index (χ0n) is 8.95. The molecule has 0 radical (unpaired) electrons. The third-order valence-corrected chi connectivity index (χ3v) is 2.28. The van der Waals surface area contributed by atoms with Gasteiger partial charge in [-0.1, -0.05) is 66.9 Å². The molecule has 82 valence electrons. The van der Waals surface area contributed by atoms with Gasteiger partial charge in [-0.2, -0.15) is 0 Å². The lowest BCUT2D eigenvalue weighted by Gasteiger charge is -2.00. The molecule has 0 saturated carbocycles. The first-order valence-electron chi connectivity index (χ1n) is 5.25. The van der Waals surface area contributed by atoms with E-state index in [1.165, 1.54) is 12.8 Å². The van der Waals surface area contributed by atoms with E-state index in [0.717, 1.165) is 12.0 Å². The lowest BCUT2D eigenvalue weighted by Crippen LogP contribution is -1.94. The van der Waals surface area contributed by atoms with E-state index in [2.05, 4.69) is 12.1 Å². The smallest absolute Gasteiger partial charge is 0.175 e. The van der Waals surface area contributed by atoms with Crippen LogP contribution >= 0.6 is 11.6 Å². The van der Waals surface area contributed by atoms with E-state index in [1.807, 2.05) is 30.3 Å². The fraction of sp³-hybridized carbons (Fsp3) is 0.417. The van der Waals surface area contributed by atoms with E-state index in [-0.39, 0.29) is 0 Å². The molecule has 0 spiro atoms. The number of nitrogens with zero attached hydrogens (tertiary/aromatic N) is 1. The Hall–Kier alpha value is -1.02. The normalized spacial score (nSPS) is 11.5. The summed E-state index contributed by atoms with van der Waals surface area (Å²) in [6.07, 6.45) is 3.37. The number of hydrogen-bond acceptors (Lipinski definition) is 2. The highest BCUT2D eigenvalue weighted by atomic mass is 35.5. The van der Waals surface area contributed by atoms with Gasteiger partial charge in [0.15, 0.2) is 5.17 Å². The topological polar surface area (TPSA) is 21.6 Å². The van der Waals surface area contributed by atoms with Gasteiger partial charge in [0, 0.05) is 5.56 Å². The molecule has 0 aliphatic heterocycles. The third-order valence-electron chi connectivity index (χ3n) is 2.00. The maximum Gasteiger partial charge on any atom is 0.175 e. The van der Waals surface area contributed by atoms with Crippen LogP contribution in [0, 0.1) is 0 Å². The van der Waals surface area contributed by atoms with Gasteiger partial charge in [-0.15, -0.1) is 0 Å². The molecule has 0 saturated heterocycles. The molecule has 2 nitrogen and oxygen atoms in total. The van der Waals surface area contributed by atoms with Crippen LogP contribution in [0.3, 0.4) is 0 Å². The first-order valence-corrected chi connectivity index (χ1v) is 5.63. The molecule has 0 N–H and O–H groups in total. The number of oxime groups is 1. The average molecular weight is 226 g/mol. The van der Waals surface area contributed by atoms with Crippen molar-refractivity contribution < 1.29 is 4.84 Å². The fourth-order valence-corrected chi connectivity index (χ4v) is 1.32. The van der Waals surface area contributed by atoms with Gasteiger partial charge in [0.05, 0.1) is 0 Å². The average Bonchev–Trinajstić information content (AvgIpc) is 2.30.